The van der Waals surface area contributed by atoms with Crippen LogP contribution in [0.1, 0.15) is 34.9 Å². The molecule has 6 nitrogen and oxygen atoms in total. The molecule has 7 heteroatoms. The zero-order chi connectivity index (χ0) is 16.9. The number of halogens is 1. The minimum absolute atomic E-state index is 0.0564. The summed E-state index contributed by atoms with van der Waals surface area (Å²) in [5.41, 5.74) is 1.44. The summed E-state index contributed by atoms with van der Waals surface area (Å²) in [6, 6.07) is 5.00. The molecule has 0 spiro atoms. The van der Waals surface area contributed by atoms with Gasteiger partial charge in [-0.2, -0.15) is 5.10 Å². The highest BCUT2D eigenvalue weighted by molar-refractivity contribution is 6.31. The summed E-state index contributed by atoms with van der Waals surface area (Å²) in [5.74, 6) is 0.500. The maximum atomic E-state index is 12.5. The molecule has 0 unspecified atom stereocenters. The molecule has 0 saturated carbocycles. The van der Waals surface area contributed by atoms with E-state index in [4.69, 9.17) is 21.1 Å². The second-order valence-corrected chi connectivity index (χ2v) is 6.22. The Morgan fingerprint density at radius 2 is 2.42 bits per heavy atom. The van der Waals surface area contributed by atoms with E-state index in [-0.39, 0.29) is 17.9 Å². The molecule has 128 valence electrons. The molecular weight excluding hydrogens is 330 g/mol. The predicted octanol–water partition coefficient (Wildman–Crippen LogP) is 2.97. The van der Waals surface area contributed by atoms with Crippen molar-refractivity contribution in [2.24, 2.45) is 5.92 Å². The van der Waals surface area contributed by atoms with E-state index < -0.39 is 0 Å². The first-order valence-electron chi connectivity index (χ1n) is 7.91. The number of H-pyrrole nitrogens is 1. The smallest absolute Gasteiger partial charge is 0.255 e. The number of amides is 1. The number of aromatic amines is 1. The van der Waals surface area contributed by atoms with Crippen molar-refractivity contribution in [2.75, 3.05) is 20.3 Å². The molecule has 0 bridgehead atoms. The van der Waals surface area contributed by atoms with Gasteiger partial charge in [-0.3, -0.25) is 9.89 Å². The Bertz CT molecular complexity index is 690. The van der Waals surface area contributed by atoms with Crippen LogP contribution in [0.25, 0.3) is 0 Å². The van der Waals surface area contributed by atoms with Crippen LogP contribution >= 0.6 is 11.6 Å². The van der Waals surface area contributed by atoms with Crippen molar-refractivity contribution in [1.29, 1.82) is 0 Å². The Hall–Kier alpha value is -2.05. The number of rotatable bonds is 5. The van der Waals surface area contributed by atoms with Gasteiger partial charge in [0.15, 0.2) is 0 Å². The molecule has 1 amide bonds. The molecule has 1 fully saturated rings. The standard InChI is InChI=1S/C17H20ClN3O3/c1-23-15-5-4-13(18)7-14(15)17(22)19-8-11-3-2-6-24-16(11)12-9-20-21-10-12/h4-5,7,9-11,16H,2-3,6,8H2,1H3,(H,19,22)(H,20,21)/t11-,16+/m0/s1. The van der Waals surface area contributed by atoms with Crippen LogP contribution in [0, 0.1) is 5.92 Å². The monoisotopic (exact) mass is 349 g/mol. The van der Waals surface area contributed by atoms with Gasteiger partial charge < -0.3 is 14.8 Å². The summed E-state index contributed by atoms with van der Waals surface area (Å²) in [6.45, 7) is 1.24. The van der Waals surface area contributed by atoms with Crippen LogP contribution in [-0.2, 0) is 4.74 Å². The minimum Gasteiger partial charge on any atom is -0.496 e. The third kappa shape index (κ3) is 3.71. The van der Waals surface area contributed by atoms with Crippen LogP contribution in [-0.4, -0.2) is 36.4 Å². The second kappa shape index (κ2) is 7.68. The van der Waals surface area contributed by atoms with Gasteiger partial charge in [0, 0.05) is 35.9 Å². The van der Waals surface area contributed by atoms with Gasteiger partial charge in [0.2, 0.25) is 0 Å². The Morgan fingerprint density at radius 1 is 1.54 bits per heavy atom. The molecule has 1 saturated heterocycles. The van der Waals surface area contributed by atoms with E-state index in [9.17, 15) is 4.79 Å². The van der Waals surface area contributed by atoms with E-state index in [1.807, 2.05) is 6.20 Å². The Kier molecular flexibility index (Phi) is 5.37. The number of benzene rings is 1. The first-order chi connectivity index (χ1) is 11.7. The van der Waals surface area contributed by atoms with Gasteiger partial charge in [-0.05, 0) is 31.0 Å². The average molecular weight is 350 g/mol. The molecule has 1 aromatic carbocycles. The molecular formula is C17H20ClN3O3. The van der Waals surface area contributed by atoms with Gasteiger partial charge in [0.05, 0.1) is 25.0 Å². The number of hydrogen-bond donors (Lipinski definition) is 2. The molecule has 3 rings (SSSR count). The van der Waals surface area contributed by atoms with E-state index in [2.05, 4.69) is 15.5 Å². The summed E-state index contributed by atoms with van der Waals surface area (Å²) in [4.78, 5) is 12.5. The molecule has 0 radical (unpaired) electrons. The highest BCUT2D eigenvalue weighted by Gasteiger charge is 2.28. The van der Waals surface area contributed by atoms with E-state index in [0.717, 1.165) is 25.0 Å². The largest absolute Gasteiger partial charge is 0.496 e. The van der Waals surface area contributed by atoms with Crippen LogP contribution in [0.4, 0.5) is 0 Å². The zero-order valence-electron chi connectivity index (χ0n) is 13.4. The SMILES string of the molecule is COc1ccc(Cl)cc1C(=O)NC[C@@H]1CCCO[C@H]1c1cn[nH]c1. The van der Waals surface area contributed by atoms with Crippen LogP contribution < -0.4 is 10.1 Å². The van der Waals surface area contributed by atoms with Gasteiger partial charge in [0.25, 0.3) is 5.91 Å². The quantitative estimate of drug-likeness (QED) is 0.870. The van der Waals surface area contributed by atoms with Gasteiger partial charge in [-0.15, -0.1) is 0 Å². The van der Waals surface area contributed by atoms with Gasteiger partial charge in [0.1, 0.15) is 5.75 Å². The van der Waals surface area contributed by atoms with Gasteiger partial charge >= 0.3 is 0 Å². The van der Waals surface area contributed by atoms with Crippen LogP contribution in [0.3, 0.4) is 0 Å². The highest BCUT2D eigenvalue weighted by Crippen LogP contribution is 2.33. The average Bonchev–Trinajstić information content (AvgIpc) is 3.14. The fourth-order valence-electron chi connectivity index (χ4n) is 3.01. The van der Waals surface area contributed by atoms with Crippen molar-refractivity contribution in [3.8, 4) is 5.75 Å². The molecule has 2 heterocycles. The highest BCUT2D eigenvalue weighted by atomic mass is 35.5. The second-order valence-electron chi connectivity index (χ2n) is 5.78. The van der Waals surface area contributed by atoms with Crippen molar-refractivity contribution in [3.63, 3.8) is 0 Å². The molecule has 1 aliphatic heterocycles. The maximum absolute atomic E-state index is 12.5. The van der Waals surface area contributed by atoms with Crippen molar-refractivity contribution in [1.82, 2.24) is 15.5 Å². The summed E-state index contributed by atoms with van der Waals surface area (Å²) in [7, 11) is 1.53. The van der Waals surface area contributed by atoms with Crippen molar-refractivity contribution >= 4 is 17.5 Å². The number of nitrogens with one attached hydrogen (secondary N) is 2. The lowest BCUT2D eigenvalue weighted by molar-refractivity contribution is -0.0272. The molecule has 0 aliphatic carbocycles. The number of ether oxygens (including phenoxy) is 2. The third-order valence-corrected chi connectivity index (χ3v) is 4.46. The molecule has 2 atom stereocenters. The third-order valence-electron chi connectivity index (χ3n) is 4.22. The lowest BCUT2D eigenvalue weighted by atomic mass is 9.91. The first-order valence-corrected chi connectivity index (χ1v) is 8.29. The Labute approximate surface area is 145 Å². The van der Waals surface area contributed by atoms with Crippen LogP contribution in [0.15, 0.2) is 30.6 Å². The zero-order valence-corrected chi connectivity index (χ0v) is 14.2. The molecule has 1 aromatic heterocycles. The molecule has 2 N–H and O–H groups in total. The fraction of sp³-hybridized carbons (Fsp3) is 0.412. The predicted molar refractivity (Wildman–Crippen MR) is 90.3 cm³/mol. The topological polar surface area (TPSA) is 76.2 Å². The van der Waals surface area contributed by atoms with E-state index >= 15 is 0 Å². The molecule has 1 aliphatic rings. The summed E-state index contributed by atoms with van der Waals surface area (Å²) in [6.07, 6.45) is 5.52. The number of nitrogens with zero attached hydrogens (tertiary/aromatic N) is 1. The van der Waals surface area contributed by atoms with E-state index in [1.54, 1.807) is 24.4 Å². The Balaban J connectivity index is 1.68. The molecule has 2 aromatic rings. The van der Waals surface area contributed by atoms with Gasteiger partial charge in [-0.1, -0.05) is 11.6 Å². The number of hydrogen-bond acceptors (Lipinski definition) is 4. The lowest BCUT2D eigenvalue weighted by Crippen LogP contribution is -2.35. The number of methoxy groups -OCH3 is 1. The fourth-order valence-corrected chi connectivity index (χ4v) is 3.19. The summed E-state index contributed by atoms with van der Waals surface area (Å²) < 4.78 is 11.1. The maximum Gasteiger partial charge on any atom is 0.255 e. The summed E-state index contributed by atoms with van der Waals surface area (Å²) in [5, 5.41) is 10.3. The number of carbonyl (C=O) groups excluding carboxylic acids is 1. The van der Waals surface area contributed by atoms with Crippen molar-refractivity contribution in [2.45, 2.75) is 18.9 Å². The summed E-state index contributed by atoms with van der Waals surface area (Å²) >= 11 is 5.99. The van der Waals surface area contributed by atoms with Crippen molar-refractivity contribution < 1.29 is 14.3 Å². The molecule has 24 heavy (non-hydrogen) atoms. The van der Waals surface area contributed by atoms with Crippen LogP contribution in [0.2, 0.25) is 5.02 Å². The first kappa shape index (κ1) is 16.8. The number of aromatic nitrogens is 2. The minimum atomic E-state index is -0.203. The lowest BCUT2D eigenvalue weighted by Gasteiger charge is -2.31. The van der Waals surface area contributed by atoms with Crippen LogP contribution in [0.5, 0.6) is 5.75 Å². The number of carbonyl (C=O) groups is 1. The van der Waals surface area contributed by atoms with E-state index in [1.165, 1.54) is 7.11 Å². The normalized spacial score (nSPS) is 20.6. The van der Waals surface area contributed by atoms with Gasteiger partial charge in [-0.25, -0.2) is 0 Å². The van der Waals surface area contributed by atoms with Crippen molar-refractivity contribution in [3.05, 3.63) is 46.7 Å². The Morgan fingerprint density at radius 3 is 3.17 bits per heavy atom. The van der Waals surface area contributed by atoms with E-state index in [0.29, 0.717) is 22.9 Å².